The first-order chi connectivity index (χ1) is 13.1. The molecule has 10 heteroatoms. The highest BCUT2D eigenvalue weighted by atomic mass is 32.2. The van der Waals surface area contributed by atoms with Crippen LogP contribution < -0.4 is 5.56 Å². The van der Waals surface area contributed by atoms with Crippen molar-refractivity contribution in [3.63, 3.8) is 0 Å². The van der Waals surface area contributed by atoms with Gasteiger partial charge in [-0.3, -0.25) is 9.89 Å². The number of halogens is 1. The lowest BCUT2D eigenvalue weighted by molar-refractivity contribution is 0.628. The van der Waals surface area contributed by atoms with Gasteiger partial charge >= 0.3 is 0 Å². The van der Waals surface area contributed by atoms with Crippen LogP contribution in [0.15, 0.2) is 46.5 Å². The molecule has 3 heterocycles. The fourth-order valence-electron chi connectivity index (χ4n) is 2.64. The first-order valence-electron chi connectivity index (χ1n) is 7.85. The van der Waals surface area contributed by atoms with Crippen LogP contribution in [-0.4, -0.2) is 29.4 Å². The number of thioether (sulfide) groups is 1. The minimum absolute atomic E-state index is 0.283. The van der Waals surface area contributed by atoms with Crippen molar-refractivity contribution < 1.29 is 4.39 Å². The Morgan fingerprint density at radius 3 is 2.93 bits per heavy atom. The van der Waals surface area contributed by atoms with Crippen molar-refractivity contribution in [2.24, 2.45) is 7.05 Å². The van der Waals surface area contributed by atoms with Gasteiger partial charge in [0.2, 0.25) is 0 Å². The summed E-state index contributed by atoms with van der Waals surface area (Å²) in [6, 6.07) is 9.74. The minimum Gasteiger partial charge on any atom is -0.305 e. The molecule has 1 N–H and O–H groups in total. The highest BCUT2D eigenvalue weighted by Gasteiger charge is 2.15. The smallest absolute Gasteiger partial charge is 0.272 e. The van der Waals surface area contributed by atoms with Gasteiger partial charge in [0.15, 0.2) is 16.6 Å². The molecule has 4 aromatic rings. The van der Waals surface area contributed by atoms with Gasteiger partial charge in [-0.15, -0.1) is 10.2 Å². The quantitative estimate of drug-likeness (QED) is 0.543. The number of hydrogen-bond donors (Lipinski definition) is 1. The van der Waals surface area contributed by atoms with Crippen LogP contribution in [0.2, 0.25) is 0 Å². The Hall–Kier alpha value is -3.45. The second-order valence-electron chi connectivity index (χ2n) is 5.68. The Kier molecular flexibility index (Phi) is 4.21. The molecule has 0 saturated carbocycles. The van der Waals surface area contributed by atoms with E-state index in [1.165, 1.54) is 34.6 Å². The molecule has 0 bridgehead atoms. The average molecular weight is 381 g/mol. The van der Waals surface area contributed by atoms with Gasteiger partial charge in [-0.1, -0.05) is 23.9 Å². The zero-order valence-corrected chi connectivity index (χ0v) is 14.9. The third-order valence-corrected chi connectivity index (χ3v) is 5.02. The Labute approximate surface area is 156 Å². The van der Waals surface area contributed by atoms with Gasteiger partial charge in [0.05, 0.1) is 11.3 Å². The van der Waals surface area contributed by atoms with Crippen molar-refractivity contribution in [2.75, 3.05) is 0 Å². The van der Waals surface area contributed by atoms with Crippen molar-refractivity contribution in [1.29, 1.82) is 5.26 Å². The largest absolute Gasteiger partial charge is 0.305 e. The summed E-state index contributed by atoms with van der Waals surface area (Å²) in [7, 11) is 1.75. The van der Waals surface area contributed by atoms with Gasteiger partial charge in [0.25, 0.3) is 5.56 Å². The number of H-pyrrole nitrogens is 1. The molecule has 0 fully saturated rings. The molecule has 8 nitrogen and oxygen atoms in total. The second kappa shape index (κ2) is 6.69. The molecule has 3 aromatic heterocycles. The van der Waals surface area contributed by atoms with Crippen molar-refractivity contribution >= 4 is 17.4 Å². The molecule has 1 aromatic carbocycles. The molecule has 0 aliphatic rings. The van der Waals surface area contributed by atoms with Crippen LogP contribution in [0.1, 0.15) is 11.3 Å². The average Bonchev–Trinajstić information content (AvgIpc) is 3.24. The van der Waals surface area contributed by atoms with Crippen LogP contribution in [0.4, 0.5) is 4.39 Å². The van der Waals surface area contributed by atoms with Crippen LogP contribution in [0, 0.1) is 17.1 Å². The van der Waals surface area contributed by atoms with E-state index >= 15 is 0 Å². The zero-order valence-electron chi connectivity index (χ0n) is 14.0. The molecule has 27 heavy (non-hydrogen) atoms. The molecule has 0 unspecified atom stereocenters. The Bertz CT molecular complexity index is 1250. The molecule has 0 aliphatic heterocycles. The minimum atomic E-state index is -0.374. The van der Waals surface area contributed by atoms with Gasteiger partial charge in [-0.2, -0.15) is 5.26 Å². The van der Waals surface area contributed by atoms with E-state index in [1.807, 2.05) is 6.07 Å². The van der Waals surface area contributed by atoms with E-state index in [-0.39, 0.29) is 17.0 Å². The number of aromatic nitrogens is 6. The predicted molar refractivity (Wildman–Crippen MR) is 96.5 cm³/mol. The first-order valence-corrected chi connectivity index (χ1v) is 8.84. The number of nitrogens with one attached hydrogen (secondary N) is 1. The van der Waals surface area contributed by atoms with Crippen molar-refractivity contribution in [2.45, 2.75) is 10.9 Å². The monoisotopic (exact) mass is 381 g/mol. The summed E-state index contributed by atoms with van der Waals surface area (Å²) in [5, 5.41) is 20.5. The summed E-state index contributed by atoms with van der Waals surface area (Å²) in [6.45, 7) is 0. The number of nitrogens with zero attached hydrogens (tertiary/aromatic N) is 6. The Morgan fingerprint density at radius 1 is 1.33 bits per heavy atom. The molecular formula is C17H12FN7OS. The Balaban J connectivity index is 1.62. The molecule has 0 saturated heterocycles. The maximum Gasteiger partial charge on any atom is 0.272 e. The molecule has 0 amide bonds. The highest BCUT2D eigenvalue weighted by molar-refractivity contribution is 7.98. The highest BCUT2D eigenvalue weighted by Crippen LogP contribution is 2.26. The fraction of sp³-hybridized carbons (Fsp3) is 0.118. The standard InChI is InChI=1S/C17H12FN7OS/c1-24-16(12-4-2-3-5-13(12)18)22-23-17(24)27-9-11-6-14(26)25-15(21-11)10(7-19)8-20-25/h2-6,8,20H,9H2,1H3. The zero-order chi connectivity index (χ0) is 19.0. The summed E-state index contributed by atoms with van der Waals surface area (Å²) >= 11 is 1.32. The molecule has 134 valence electrons. The van der Waals surface area contributed by atoms with Crippen molar-refractivity contribution in [3.8, 4) is 17.5 Å². The van der Waals surface area contributed by atoms with E-state index in [0.29, 0.717) is 33.6 Å². The number of fused-ring (bicyclic) bond motifs is 1. The number of benzene rings is 1. The molecule has 4 rings (SSSR count). The Morgan fingerprint density at radius 2 is 2.15 bits per heavy atom. The molecule has 0 atom stereocenters. The number of aromatic amines is 1. The van der Waals surface area contributed by atoms with Gasteiger partial charge in [-0.05, 0) is 12.1 Å². The molecule has 0 aliphatic carbocycles. The topological polar surface area (TPSA) is 105 Å². The molecular weight excluding hydrogens is 369 g/mol. The van der Waals surface area contributed by atoms with Crippen molar-refractivity contribution in [1.82, 2.24) is 29.4 Å². The number of rotatable bonds is 4. The number of hydrogen-bond acceptors (Lipinski definition) is 6. The maximum atomic E-state index is 14.0. The van der Waals surface area contributed by atoms with E-state index in [1.54, 1.807) is 29.8 Å². The van der Waals surface area contributed by atoms with E-state index in [0.717, 1.165) is 0 Å². The SMILES string of the molecule is Cn1c(SCc2cc(=O)n3[nH]cc(C#N)c3n2)nnc1-c1ccccc1F. The van der Waals surface area contributed by atoms with Gasteiger partial charge in [-0.25, -0.2) is 13.9 Å². The van der Waals surface area contributed by atoms with Crippen LogP contribution in [0.5, 0.6) is 0 Å². The summed E-state index contributed by atoms with van der Waals surface area (Å²) in [4.78, 5) is 16.5. The normalized spacial score (nSPS) is 11.0. The summed E-state index contributed by atoms with van der Waals surface area (Å²) in [5.41, 5.74) is 1.15. The third kappa shape index (κ3) is 2.98. The first kappa shape index (κ1) is 17.0. The van der Waals surface area contributed by atoms with Gasteiger partial charge < -0.3 is 4.57 Å². The van der Waals surface area contributed by atoms with Crippen LogP contribution in [0.3, 0.4) is 0 Å². The van der Waals surface area contributed by atoms with E-state index in [2.05, 4.69) is 20.3 Å². The van der Waals surface area contributed by atoms with Crippen molar-refractivity contribution in [3.05, 3.63) is 64.0 Å². The van der Waals surface area contributed by atoms with E-state index in [4.69, 9.17) is 5.26 Å². The molecule has 0 spiro atoms. The lowest BCUT2D eigenvalue weighted by atomic mass is 10.2. The van der Waals surface area contributed by atoms with E-state index < -0.39 is 0 Å². The summed E-state index contributed by atoms with van der Waals surface area (Å²) in [5.74, 6) is 0.392. The fourth-order valence-corrected chi connectivity index (χ4v) is 3.44. The molecule has 0 radical (unpaired) electrons. The maximum absolute atomic E-state index is 14.0. The lowest BCUT2D eigenvalue weighted by Crippen LogP contribution is -2.15. The van der Waals surface area contributed by atoms with Gasteiger partial charge in [0.1, 0.15) is 17.4 Å². The lowest BCUT2D eigenvalue weighted by Gasteiger charge is -2.05. The van der Waals surface area contributed by atoms with Gasteiger partial charge in [0, 0.05) is 25.1 Å². The predicted octanol–water partition coefficient (Wildman–Crippen LogP) is 2.12. The van der Waals surface area contributed by atoms with E-state index in [9.17, 15) is 9.18 Å². The number of nitriles is 1. The summed E-state index contributed by atoms with van der Waals surface area (Å²) < 4.78 is 16.9. The van der Waals surface area contributed by atoms with Crippen LogP contribution in [0.25, 0.3) is 17.0 Å². The third-order valence-electron chi connectivity index (χ3n) is 3.97. The summed E-state index contributed by atoms with van der Waals surface area (Å²) in [6.07, 6.45) is 1.43. The van der Waals surface area contributed by atoms with Crippen LogP contribution >= 0.6 is 11.8 Å². The second-order valence-corrected chi connectivity index (χ2v) is 6.62. The van der Waals surface area contributed by atoms with Crippen LogP contribution in [-0.2, 0) is 12.8 Å².